The molecule has 3 aromatic rings. The van der Waals surface area contributed by atoms with Crippen LogP contribution in [0.15, 0.2) is 45.5 Å². The lowest BCUT2D eigenvalue weighted by atomic mass is 10.1. The number of aromatic amines is 1. The highest BCUT2D eigenvalue weighted by Crippen LogP contribution is 2.43. The number of ether oxygens (including phenoxy) is 3. The molecule has 0 radical (unpaired) electrons. The summed E-state index contributed by atoms with van der Waals surface area (Å²) in [6.07, 6.45) is 8.55. The first-order valence-corrected chi connectivity index (χ1v) is 14.5. The van der Waals surface area contributed by atoms with Gasteiger partial charge in [-0.3, -0.25) is 19.3 Å². The van der Waals surface area contributed by atoms with E-state index < -0.39 is 41.6 Å². The third-order valence-electron chi connectivity index (χ3n) is 6.85. The zero-order valence-electron chi connectivity index (χ0n) is 23.1. The van der Waals surface area contributed by atoms with E-state index >= 15 is 0 Å². The van der Waals surface area contributed by atoms with E-state index in [2.05, 4.69) is 38.9 Å². The molecule has 0 aromatic carbocycles. The molecular formula is C28H34N6O5S. The van der Waals surface area contributed by atoms with Crippen molar-refractivity contribution < 1.29 is 14.2 Å². The molecule has 5 rings (SSSR count). The van der Waals surface area contributed by atoms with Crippen molar-refractivity contribution in [3.05, 3.63) is 57.1 Å². The molecule has 4 atom stereocenters. The monoisotopic (exact) mass is 566 g/mol. The van der Waals surface area contributed by atoms with Gasteiger partial charge in [-0.05, 0) is 26.3 Å². The summed E-state index contributed by atoms with van der Waals surface area (Å²) >= 11 is 1.48. The summed E-state index contributed by atoms with van der Waals surface area (Å²) < 4.78 is 21.8. The molecule has 1 N–H and O–H groups in total. The third-order valence-corrected chi connectivity index (χ3v) is 7.96. The Morgan fingerprint density at radius 1 is 1.12 bits per heavy atom. The fraction of sp³-hybridized carbons (Fsp3) is 0.536. The summed E-state index contributed by atoms with van der Waals surface area (Å²) in [5.41, 5.74) is 0.650. The molecule has 2 aliphatic heterocycles. The van der Waals surface area contributed by atoms with Gasteiger partial charge in [0.15, 0.2) is 23.0 Å². The summed E-state index contributed by atoms with van der Waals surface area (Å²) in [5, 5.41) is 9.49. The van der Waals surface area contributed by atoms with Crippen LogP contribution in [-0.2, 0) is 21.3 Å². The molecule has 0 aliphatic carbocycles. The lowest BCUT2D eigenvalue weighted by Gasteiger charge is -2.24. The van der Waals surface area contributed by atoms with Crippen LogP contribution in [0.4, 0.5) is 0 Å². The highest BCUT2D eigenvalue weighted by atomic mass is 32.2. The van der Waals surface area contributed by atoms with Gasteiger partial charge in [0.25, 0.3) is 5.56 Å². The third kappa shape index (κ3) is 6.23. The van der Waals surface area contributed by atoms with E-state index in [0.29, 0.717) is 16.7 Å². The van der Waals surface area contributed by atoms with Crippen molar-refractivity contribution in [2.45, 2.75) is 88.4 Å². The minimum atomic E-state index is -0.833. The quantitative estimate of drug-likeness (QED) is 0.236. The predicted molar refractivity (Wildman–Crippen MR) is 150 cm³/mol. The van der Waals surface area contributed by atoms with Gasteiger partial charge in [0.05, 0.1) is 6.10 Å². The summed E-state index contributed by atoms with van der Waals surface area (Å²) in [7, 11) is 1.91. The van der Waals surface area contributed by atoms with Gasteiger partial charge in [-0.1, -0.05) is 49.8 Å². The Bertz CT molecular complexity index is 1520. The number of rotatable bonds is 9. The van der Waals surface area contributed by atoms with Crippen molar-refractivity contribution in [1.82, 2.24) is 29.3 Å². The maximum Gasteiger partial charge on any atom is 0.330 e. The minimum absolute atomic E-state index is 0.390. The number of aromatic nitrogens is 6. The van der Waals surface area contributed by atoms with Crippen LogP contribution in [0.5, 0.6) is 0 Å². The van der Waals surface area contributed by atoms with Crippen molar-refractivity contribution in [1.29, 1.82) is 0 Å². The Morgan fingerprint density at radius 3 is 2.75 bits per heavy atom. The molecule has 12 heteroatoms. The Hall–Kier alpha value is -3.24. The van der Waals surface area contributed by atoms with E-state index in [1.165, 1.54) is 47.9 Å². The molecule has 11 nitrogen and oxygen atoms in total. The van der Waals surface area contributed by atoms with Crippen LogP contribution < -0.4 is 11.2 Å². The van der Waals surface area contributed by atoms with E-state index in [4.69, 9.17) is 14.2 Å². The Morgan fingerprint density at radius 2 is 1.95 bits per heavy atom. The number of unbranched alkanes of at least 4 members (excludes halogenated alkanes) is 4. The first-order chi connectivity index (χ1) is 19.3. The number of nitrogens with zero attached hydrogens (tertiary/aromatic N) is 5. The SMILES string of the molecule is CCCCCCC#Cc1cncc(-c2nnc(SC[C@H]3O[C@@H](n4ccc(=O)[nH]c4=O)[C@@H]4OC(C)(C)O[C@@H]43)n2C)c1. The molecule has 2 aliphatic rings. The molecule has 0 unspecified atom stereocenters. The van der Waals surface area contributed by atoms with E-state index in [0.717, 1.165) is 24.0 Å². The minimum Gasteiger partial charge on any atom is -0.348 e. The van der Waals surface area contributed by atoms with E-state index in [1.807, 2.05) is 31.5 Å². The number of thioether (sulfide) groups is 1. The number of H-pyrrole nitrogens is 1. The molecule has 0 saturated carbocycles. The van der Waals surface area contributed by atoms with Crippen LogP contribution in [-0.4, -0.2) is 59.2 Å². The molecule has 2 fully saturated rings. The van der Waals surface area contributed by atoms with Gasteiger partial charge in [0.2, 0.25) is 0 Å². The zero-order valence-corrected chi connectivity index (χ0v) is 23.9. The first kappa shape index (κ1) is 28.3. The number of pyridine rings is 1. The van der Waals surface area contributed by atoms with E-state index in [-0.39, 0.29) is 0 Å². The molecule has 0 amide bonds. The van der Waals surface area contributed by atoms with Gasteiger partial charge < -0.3 is 18.8 Å². The lowest BCUT2D eigenvalue weighted by molar-refractivity contribution is -0.194. The van der Waals surface area contributed by atoms with Gasteiger partial charge in [0, 0.05) is 55.0 Å². The van der Waals surface area contributed by atoms with Crippen LogP contribution in [0.1, 0.15) is 64.7 Å². The Balaban J connectivity index is 1.27. The summed E-state index contributed by atoms with van der Waals surface area (Å²) in [6, 6.07) is 3.26. The van der Waals surface area contributed by atoms with Crippen molar-refractivity contribution in [3.63, 3.8) is 0 Å². The normalized spacial score (nSPS) is 23.1. The van der Waals surface area contributed by atoms with Gasteiger partial charge in [-0.2, -0.15) is 0 Å². The summed E-state index contributed by atoms with van der Waals surface area (Å²) in [6.45, 7) is 5.86. The van der Waals surface area contributed by atoms with E-state index in [1.54, 1.807) is 12.4 Å². The number of nitrogens with one attached hydrogen (secondary N) is 1. The van der Waals surface area contributed by atoms with Crippen LogP contribution in [0, 0.1) is 11.8 Å². The standard InChI is InChI=1S/C28H34N6O5S/c1-5-6-7-8-9-10-11-18-14-19(16-29-15-18)24-31-32-27(33(24)4)40-17-20-22-23(39-28(2,3)38-22)25(37-20)34-13-12-21(35)30-26(34)36/h12-16,20,22-23,25H,5-9,17H2,1-4H3,(H,30,35,36)/t20-,22-,23-,25-/m1/s1. The van der Waals surface area contributed by atoms with Gasteiger partial charge in [-0.15, -0.1) is 10.2 Å². The molecular weight excluding hydrogens is 532 g/mol. The Labute approximate surface area is 236 Å². The highest BCUT2D eigenvalue weighted by Gasteiger charge is 2.56. The molecule has 40 heavy (non-hydrogen) atoms. The predicted octanol–water partition coefficient (Wildman–Crippen LogP) is 3.26. The number of hydrogen-bond acceptors (Lipinski definition) is 9. The van der Waals surface area contributed by atoms with Crippen LogP contribution >= 0.6 is 11.8 Å². The summed E-state index contributed by atoms with van der Waals surface area (Å²) in [5.74, 6) is 6.80. The smallest absolute Gasteiger partial charge is 0.330 e. The first-order valence-electron chi connectivity index (χ1n) is 13.5. The second-order valence-corrected chi connectivity index (χ2v) is 11.4. The molecule has 212 valence electrons. The van der Waals surface area contributed by atoms with Crippen molar-refractivity contribution in [3.8, 4) is 23.2 Å². The fourth-order valence-corrected chi connectivity index (χ4v) is 5.89. The fourth-order valence-electron chi connectivity index (χ4n) is 4.93. The molecule has 2 saturated heterocycles. The molecule has 0 bridgehead atoms. The van der Waals surface area contributed by atoms with Crippen LogP contribution in [0.25, 0.3) is 11.4 Å². The lowest BCUT2D eigenvalue weighted by Crippen LogP contribution is -2.37. The second kappa shape index (κ2) is 12.1. The van der Waals surface area contributed by atoms with Crippen molar-refractivity contribution >= 4 is 11.8 Å². The average molecular weight is 567 g/mol. The molecule has 3 aromatic heterocycles. The second-order valence-electron chi connectivity index (χ2n) is 10.4. The van der Waals surface area contributed by atoms with Crippen molar-refractivity contribution in [2.75, 3.05) is 5.75 Å². The molecule has 5 heterocycles. The summed E-state index contributed by atoms with van der Waals surface area (Å²) in [4.78, 5) is 30.7. The number of hydrogen-bond donors (Lipinski definition) is 1. The zero-order chi connectivity index (χ0) is 28.3. The van der Waals surface area contributed by atoms with Gasteiger partial charge in [-0.25, -0.2) is 4.79 Å². The van der Waals surface area contributed by atoms with Gasteiger partial charge >= 0.3 is 5.69 Å². The van der Waals surface area contributed by atoms with Crippen LogP contribution in [0.2, 0.25) is 0 Å². The van der Waals surface area contributed by atoms with Crippen molar-refractivity contribution in [2.24, 2.45) is 7.05 Å². The Kier molecular flexibility index (Phi) is 8.56. The maximum absolute atomic E-state index is 12.5. The maximum atomic E-state index is 12.5. The average Bonchev–Trinajstić information content (AvgIpc) is 3.55. The largest absolute Gasteiger partial charge is 0.348 e. The molecule has 0 spiro atoms. The highest BCUT2D eigenvalue weighted by molar-refractivity contribution is 7.99. The topological polar surface area (TPSA) is 126 Å². The van der Waals surface area contributed by atoms with Gasteiger partial charge in [0.1, 0.15) is 12.2 Å². The number of fused-ring (bicyclic) bond motifs is 1. The van der Waals surface area contributed by atoms with Crippen LogP contribution in [0.3, 0.4) is 0 Å². The van der Waals surface area contributed by atoms with E-state index in [9.17, 15) is 9.59 Å².